The van der Waals surface area contributed by atoms with E-state index in [4.69, 9.17) is 37.7 Å². The smallest absolute Gasteiger partial charge is 0.164 e. The van der Waals surface area contributed by atoms with Crippen LogP contribution in [0.1, 0.15) is 0 Å². The van der Waals surface area contributed by atoms with Crippen molar-refractivity contribution in [2.24, 2.45) is 0 Å². The Hall–Kier alpha value is -5.20. The summed E-state index contributed by atoms with van der Waals surface area (Å²) >= 11 is -1.88. The molecule has 0 spiro atoms. The first kappa shape index (κ1) is 25.5. The summed E-state index contributed by atoms with van der Waals surface area (Å²) < 4.78 is 14.6. The van der Waals surface area contributed by atoms with E-state index in [0.29, 0.717) is 45.9 Å². The van der Waals surface area contributed by atoms with Crippen molar-refractivity contribution >= 4 is 62.3 Å². The van der Waals surface area contributed by atoms with Gasteiger partial charge in [-0.05, 0) is 0 Å². The number of hydrogen-bond acceptors (Lipinski definition) is 8. The van der Waals surface area contributed by atoms with Crippen LogP contribution in [0.25, 0.3) is 89.7 Å². The molecule has 0 amide bonds. The van der Waals surface area contributed by atoms with Crippen molar-refractivity contribution in [1.29, 1.82) is 0 Å². The normalized spacial score (nSPS) is 11.5. The minimum absolute atomic E-state index is 0.597. The van der Waals surface area contributed by atoms with Crippen LogP contribution in [0.3, 0.4) is 0 Å². The first-order chi connectivity index (χ1) is 21.2. The van der Waals surface area contributed by atoms with Crippen LogP contribution in [-0.4, -0.2) is 65.8 Å². The van der Waals surface area contributed by atoms with Crippen molar-refractivity contribution in [3.8, 4) is 45.6 Å². The van der Waals surface area contributed by atoms with Crippen molar-refractivity contribution < 1.29 is 7.80 Å². The van der Waals surface area contributed by atoms with Gasteiger partial charge in [0.25, 0.3) is 0 Å². The molecule has 3 aromatic heterocycles. The van der Waals surface area contributed by atoms with Crippen LogP contribution < -0.4 is 0 Å². The van der Waals surface area contributed by atoms with Crippen LogP contribution in [0.2, 0.25) is 0 Å². The number of fused-ring (bicyclic) bond motifs is 20. The molecule has 11 heteroatoms. The maximum atomic E-state index is 7.31. The fraction of sp³-hybridized carbons (Fsp3) is 0. The standard InChI is InChI=1S/C32H18N8.Ga.2H2O.H/c1-2-10-18-17(9-1)25-33-26(18)38-28-21-13-5-6-14-22(21)30(35-28)40-32-24-16-8-7-15-23(24)31(36-32)39-29-20-12-4-3-11-19(20)27(34-29)37-25;;;;/h1-16H,(H2,33,34,35,36,37,38,39,40);;2*1H2;/q;+2;;;/p-2. The Bertz CT molecular complexity index is 2060. The quantitative estimate of drug-likeness (QED) is 0.171. The second-order valence-electron chi connectivity index (χ2n) is 9.93. The van der Waals surface area contributed by atoms with Gasteiger partial charge >= 0.3 is 25.9 Å². The van der Waals surface area contributed by atoms with E-state index in [2.05, 4.69) is 9.97 Å². The molecule has 0 fully saturated rings. The van der Waals surface area contributed by atoms with Crippen LogP contribution in [0.15, 0.2) is 97.1 Å². The molecule has 7 aromatic rings. The minimum Gasteiger partial charge on any atom is -0.324 e. The van der Waals surface area contributed by atoms with Gasteiger partial charge in [-0.2, -0.15) is 0 Å². The van der Waals surface area contributed by atoms with E-state index in [1.807, 2.05) is 97.1 Å². The Morgan fingerprint density at radius 3 is 0.860 bits per heavy atom. The average Bonchev–Trinajstić information content (AvgIpc) is 3.77. The third-order valence-corrected chi connectivity index (χ3v) is 7.46. The maximum absolute atomic E-state index is 7.31. The molecule has 4 aromatic carbocycles. The molecule has 4 N–H and O–H groups in total. The predicted octanol–water partition coefficient (Wildman–Crippen LogP) is 5.11. The van der Waals surface area contributed by atoms with E-state index in [1.54, 1.807) is 0 Å². The second kappa shape index (κ2) is 10.3. The summed E-state index contributed by atoms with van der Waals surface area (Å²) in [5, 5.41) is 3.82. The number of aromatic amines is 2. The zero-order chi connectivity index (χ0) is 28.9. The number of nitrogens with zero attached hydrogens (tertiary/aromatic N) is 6. The van der Waals surface area contributed by atoms with Crippen LogP contribution in [0.4, 0.5) is 0 Å². The number of benzene rings is 4. The molecule has 0 radical (unpaired) electrons. The van der Waals surface area contributed by atoms with Gasteiger partial charge in [0.15, 0.2) is 23.3 Å². The van der Waals surface area contributed by atoms with E-state index >= 15 is 0 Å². The summed E-state index contributed by atoms with van der Waals surface area (Å²) in [5.74, 6) is 2.39. The summed E-state index contributed by atoms with van der Waals surface area (Å²) in [6.07, 6.45) is 0. The van der Waals surface area contributed by atoms with E-state index < -0.39 is 18.1 Å². The van der Waals surface area contributed by atoms with Gasteiger partial charge in [0.05, 0.1) is 0 Å². The summed E-state index contributed by atoms with van der Waals surface area (Å²) in [6.45, 7) is 0. The van der Waals surface area contributed by atoms with Gasteiger partial charge < -0.3 is 9.97 Å². The molecule has 2 aliphatic heterocycles. The molecule has 0 saturated heterocycles. The summed E-state index contributed by atoms with van der Waals surface area (Å²) in [5.41, 5.74) is 6.45. The summed E-state index contributed by atoms with van der Waals surface area (Å²) in [7, 11) is 0. The summed E-state index contributed by atoms with van der Waals surface area (Å²) in [6, 6.07) is 32.2. The van der Waals surface area contributed by atoms with Crippen molar-refractivity contribution in [3.63, 3.8) is 0 Å². The van der Waals surface area contributed by atoms with Gasteiger partial charge in [-0.15, -0.1) is 0 Å². The fourth-order valence-corrected chi connectivity index (χ4v) is 5.59. The molecule has 0 unspecified atom stereocenters. The second-order valence-corrected chi connectivity index (χ2v) is 10.5. The van der Waals surface area contributed by atoms with Crippen LogP contribution in [-0.2, 0) is 0 Å². The molecule has 5 heterocycles. The molecule has 0 aliphatic carbocycles. The Balaban J connectivity index is 0.000000892. The van der Waals surface area contributed by atoms with E-state index in [0.717, 1.165) is 43.8 Å². The van der Waals surface area contributed by atoms with Crippen LogP contribution in [0.5, 0.6) is 0 Å². The van der Waals surface area contributed by atoms with Gasteiger partial charge in [-0.1, -0.05) is 97.1 Å². The van der Waals surface area contributed by atoms with Gasteiger partial charge in [-0.3, -0.25) is 0 Å². The zero-order valence-corrected chi connectivity index (χ0v) is 25.5. The fourth-order valence-electron chi connectivity index (χ4n) is 5.59. The minimum atomic E-state index is -1.88. The van der Waals surface area contributed by atoms with Gasteiger partial charge in [-0.25, -0.2) is 29.9 Å². The number of aromatic nitrogens is 8. The third kappa shape index (κ3) is 4.22. The Morgan fingerprint density at radius 2 is 0.605 bits per heavy atom. The van der Waals surface area contributed by atoms with E-state index in [-0.39, 0.29) is 0 Å². The van der Waals surface area contributed by atoms with E-state index in [1.165, 1.54) is 0 Å². The van der Waals surface area contributed by atoms with Crippen molar-refractivity contribution in [1.82, 2.24) is 39.9 Å². The first-order valence-electron chi connectivity index (χ1n) is 13.6. The average molecular weight is 619 g/mol. The molecule has 8 bridgehead atoms. The first-order valence-corrected chi connectivity index (χ1v) is 16.3. The molecule has 43 heavy (non-hydrogen) atoms. The SMILES string of the molecule is [OH][GaH][OH].c1ccc2c(c1)-c1nc-2nc2[nH]c(nc3nc(nc4[nH]c(n1)c1ccccc41)-c1ccccc1-3)c1ccccc21. The molecule has 2 aliphatic rings. The van der Waals surface area contributed by atoms with Gasteiger partial charge in [0.2, 0.25) is 0 Å². The van der Waals surface area contributed by atoms with Crippen molar-refractivity contribution in [2.45, 2.75) is 0 Å². The van der Waals surface area contributed by atoms with Crippen LogP contribution in [0, 0.1) is 0 Å². The largest absolute Gasteiger partial charge is 0.324 e. The Morgan fingerprint density at radius 1 is 0.372 bits per heavy atom. The monoisotopic (exact) mass is 618 g/mol. The van der Waals surface area contributed by atoms with E-state index in [9.17, 15) is 0 Å². The summed E-state index contributed by atoms with van der Waals surface area (Å²) in [4.78, 5) is 36.8. The number of rotatable bonds is 0. The topological polar surface area (TPSA) is 149 Å². The number of nitrogens with one attached hydrogen (secondary N) is 2. The number of H-pyrrole nitrogens is 2. The molecular formula is C32H21GaN8O2. The molecular weight excluding hydrogens is 598 g/mol. The number of hydrogen-bond donors (Lipinski definition) is 4. The molecule has 10 nitrogen and oxygen atoms in total. The zero-order valence-electron chi connectivity index (χ0n) is 22.5. The van der Waals surface area contributed by atoms with Crippen LogP contribution >= 0.6 is 0 Å². The molecule has 9 rings (SSSR count). The van der Waals surface area contributed by atoms with Crippen molar-refractivity contribution in [2.75, 3.05) is 0 Å². The Kier molecular flexibility index (Phi) is 6.08. The maximum Gasteiger partial charge on any atom is 0.164 e. The van der Waals surface area contributed by atoms with Gasteiger partial charge in [0.1, 0.15) is 22.6 Å². The Labute approximate surface area is 251 Å². The molecule has 0 atom stereocenters. The predicted molar refractivity (Wildman–Crippen MR) is 168 cm³/mol. The van der Waals surface area contributed by atoms with Crippen molar-refractivity contribution in [3.05, 3.63) is 97.1 Å². The molecule has 0 saturated carbocycles. The third-order valence-electron chi connectivity index (χ3n) is 7.46. The molecule has 204 valence electrons. The van der Waals surface area contributed by atoms with Gasteiger partial charge in [0, 0.05) is 43.8 Å².